The van der Waals surface area contributed by atoms with E-state index in [1.165, 1.54) is 17.4 Å². The van der Waals surface area contributed by atoms with Gasteiger partial charge in [-0.05, 0) is 24.6 Å². The third-order valence-corrected chi connectivity index (χ3v) is 3.13. The van der Waals surface area contributed by atoms with Crippen molar-refractivity contribution in [1.29, 1.82) is 0 Å². The van der Waals surface area contributed by atoms with Crippen molar-refractivity contribution >= 4 is 32.4 Å². The van der Waals surface area contributed by atoms with Gasteiger partial charge in [0.2, 0.25) is 5.13 Å². The average Bonchev–Trinajstić information content (AvgIpc) is 2.49. The number of aryl methyl sites for hydroxylation is 1. The summed E-state index contributed by atoms with van der Waals surface area (Å²) in [5.74, 6) is -0.321. The van der Waals surface area contributed by atoms with Crippen LogP contribution in [-0.4, -0.2) is 10.2 Å². The third kappa shape index (κ3) is 2.00. The fraction of sp³-hybridized carbons (Fsp3) is 0.111. The first-order valence-corrected chi connectivity index (χ1v) is 5.74. The highest BCUT2D eigenvalue weighted by atomic mass is 79.9. The van der Waals surface area contributed by atoms with Gasteiger partial charge in [0.1, 0.15) is 5.82 Å². The van der Waals surface area contributed by atoms with E-state index in [4.69, 9.17) is 5.73 Å². The summed E-state index contributed by atoms with van der Waals surface area (Å²) < 4.78 is 14.4. The largest absolute Gasteiger partial charge is 0.374 e. The Morgan fingerprint density at radius 1 is 1.40 bits per heavy atom. The zero-order valence-electron chi connectivity index (χ0n) is 7.79. The normalized spacial score (nSPS) is 10.6. The Balaban J connectivity index is 2.62. The second-order valence-electron chi connectivity index (χ2n) is 3.02. The topological polar surface area (TPSA) is 51.8 Å². The summed E-state index contributed by atoms with van der Waals surface area (Å²) >= 11 is 4.40. The van der Waals surface area contributed by atoms with E-state index in [-0.39, 0.29) is 5.82 Å². The molecule has 1 heterocycles. The van der Waals surface area contributed by atoms with Crippen molar-refractivity contribution in [3.05, 3.63) is 28.0 Å². The van der Waals surface area contributed by atoms with Gasteiger partial charge in [-0.3, -0.25) is 0 Å². The Labute approximate surface area is 98.3 Å². The van der Waals surface area contributed by atoms with Gasteiger partial charge in [0.15, 0.2) is 5.01 Å². The molecule has 1 aromatic carbocycles. The summed E-state index contributed by atoms with van der Waals surface area (Å²) in [6, 6.07) is 3.23. The fourth-order valence-corrected chi connectivity index (χ4v) is 2.57. The Morgan fingerprint density at radius 2 is 2.13 bits per heavy atom. The van der Waals surface area contributed by atoms with Crippen LogP contribution in [0.15, 0.2) is 16.6 Å². The molecule has 78 valence electrons. The average molecular weight is 288 g/mol. The maximum Gasteiger partial charge on any atom is 0.203 e. The van der Waals surface area contributed by atoms with Gasteiger partial charge < -0.3 is 5.73 Å². The van der Waals surface area contributed by atoms with Crippen LogP contribution in [0.4, 0.5) is 9.52 Å². The third-order valence-electron chi connectivity index (χ3n) is 1.91. The number of halogens is 2. The van der Waals surface area contributed by atoms with E-state index in [2.05, 4.69) is 26.1 Å². The molecule has 0 saturated heterocycles. The van der Waals surface area contributed by atoms with E-state index >= 15 is 0 Å². The molecule has 0 unspecified atom stereocenters. The van der Waals surface area contributed by atoms with E-state index in [1.807, 2.05) is 13.0 Å². The van der Waals surface area contributed by atoms with Crippen molar-refractivity contribution in [3.8, 4) is 10.6 Å². The minimum Gasteiger partial charge on any atom is -0.374 e. The Bertz CT molecular complexity index is 489. The number of benzene rings is 1. The number of anilines is 1. The summed E-state index contributed by atoms with van der Waals surface area (Å²) in [5, 5.41) is 8.34. The van der Waals surface area contributed by atoms with E-state index in [0.717, 1.165) is 5.56 Å². The van der Waals surface area contributed by atoms with Crippen LogP contribution in [0.5, 0.6) is 0 Å². The highest BCUT2D eigenvalue weighted by Gasteiger charge is 2.13. The minimum atomic E-state index is -0.321. The number of rotatable bonds is 1. The number of nitrogens with two attached hydrogens (primary N) is 1. The molecule has 0 atom stereocenters. The summed E-state index contributed by atoms with van der Waals surface area (Å²) in [6.07, 6.45) is 0. The Morgan fingerprint density at radius 3 is 2.67 bits per heavy atom. The van der Waals surface area contributed by atoms with Crippen molar-refractivity contribution in [2.24, 2.45) is 0 Å². The van der Waals surface area contributed by atoms with Gasteiger partial charge in [0.25, 0.3) is 0 Å². The molecule has 0 radical (unpaired) electrons. The van der Waals surface area contributed by atoms with Crippen molar-refractivity contribution < 1.29 is 4.39 Å². The van der Waals surface area contributed by atoms with Gasteiger partial charge in [-0.2, -0.15) is 0 Å². The van der Waals surface area contributed by atoms with Crippen LogP contribution < -0.4 is 5.73 Å². The monoisotopic (exact) mass is 287 g/mol. The van der Waals surface area contributed by atoms with Crippen LogP contribution in [0, 0.1) is 12.7 Å². The maximum atomic E-state index is 13.7. The molecule has 0 amide bonds. The summed E-state index contributed by atoms with van der Waals surface area (Å²) in [4.78, 5) is 0. The van der Waals surface area contributed by atoms with Crippen LogP contribution in [-0.2, 0) is 0 Å². The number of hydrogen-bond donors (Lipinski definition) is 1. The van der Waals surface area contributed by atoms with Gasteiger partial charge in [-0.15, -0.1) is 10.2 Å². The second kappa shape index (κ2) is 3.86. The van der Waals surface area contributed by atoms with E-state index in [1.54, 1.807) is 0 Å². The number of nitrogens with zero attached hydrogens (tertiary/aromatic N) is 2. The van der Waals surface area contributed by atoms with E-state index < -0.39 is 0 Å². The lowest BCUT2D eigenvalue weighted by Crippen LogP contribution is -1.89. The molecule has 6 heteroatoms. The summed E-state index contributed by atoms with van der Waals surface area (Å²) in [6.45, 7) is 1.82. The first kappa shape index (κ1) is 10.5. The molecule has 0 aliphatic rings. The maximum absolute atomic E-state index is 13.7. The van der Waals surface area contributed by atoms with Crippen LogP contribution in [0.25, 0.3) is 10.6 Å². The highest BCUT2D eigenvalue weighted by Crippen LogP contribution is 2.31. The molecule has 0 spiro atoms. The predicted octanol–water partition coefficient (Wildman–Crippen LogP) is 3.00. The lowest BCUT2D eigenvalue weighted by molar-refractivity contribution is 0.629. The molecule has 15 heavy (non-hydrogen) atoms. The number of hydrogen-bond acceptors (Lipinski definition) is 4. The minimum absolute atomic E-state index is 0.321. The predicted molar refractivity (Wildman–Crippen MR) is 62.2 cm³/mol. The first-order valence-electron chi connectivity index (χ1n) is 4.13. The van der Waals surface area contributed by atoms with Crippen LogP contribution in [0.2, 0.25) is 0 Å². The highest BCUT2D eigenvalue weighted by molar-refractivity contribution is 9.10. The van der Waals surface area contributed by atoms with Gasteiger partial charge >= 0.3 is 0 Å². The molecule has 0 fully saturated rings. The molecule has 0 aliphatic heterocycles. The number of aromatic nitrogens is 2. The van der Waals surface area contributed by atoms with Crippen molar-refractivity contribution in [3.63, 3.8) is 0 Å². The lowest BCUT2D eigenvalue weighted by atomic mass is 10.1. The standard InChI is InChI=1S/C9H7BrFN3S/c1-4-2-5(10)3-6(11)7(4)8-13-14-9(12)15-8/h2-3H,1H3,(H2,12,14). The molecule has 0 bridgehead atoms. The molecule has 0 aliphatic carbocycles. The van der Waals surface area contributed by atoms with E-state index in [0.29, 0.717) is 20.2 Å². The SMILES string of the molecule is Cc1cc(Br)cc(F)c1-c1nnc(N)s1. The zero-order chi connectivity index (χ0) is 11.0. The zero-order valence-corrected chi connectivity index (χ0v) is 10.2. The van der Waals surface area contributed by atoms with Crippen LogP contribution >= 0.6 is 27.3 Å². The smallest absolute Gasteiger partial charge is 0.203 e. The van der Waals surface area contributed by atoms with Crippen molar-refractivity contribution in [2.45, 2.75) is 6.92 Å². The first-order chi connectivity index (χ1) is 7.08. The Kier molecular flexibility index (Phi) is 2.70. The lowest BCUT2D eigenvalue weighted by Gasteiger charge is -2.03. The van der Waals surface area contributed by atoms with E-state index in [9.17, 15) is 4.39 Å². The number of nitrogen functional groups attached to an aromatic ring is 1. The quantitative estimate of drug-likeness (QED) is 0.877. The van der Waals surface area contributed by atoms with Gasteiger partial charge in [0.05, 0.1) is 5.56 Å². The second-order valence-corrected chi connectivity index (χ2v) is 4.95. The Hall–Kier alpha value is -1.01. The molecule has 0 saturated carbocycles. The van der Waals surface area contributed by atoms with Crippen molar-refractivity contribution in [2.75, 3.05) is 5.73 Å². The molecule has 2 N–H and O–H groups in total. The molecule has 2 rings (SSSR count). The molecule has 3 nitrogen and oxygen atoms in total. The van der Waals surface area contributed by atoms with Gasteiger partial charge in [-0.25, -0.2) is 4.39 Å². The molecule has 2 aromatic rings. The molecular formula is C9H7BrFN3S. The molecule has 1 aromatic heterocycles. The van der Waals surface area contributed by atoms with Crippen LogP contribution in [0.3, 0.4) is 0 Å². The summed E-state index contributed by atoms with van der Waals surface area (Å²) in [5.41, 5.74) is 6.73. The fourth-order valence-electron chi connectivity index (χ4n) is 1.31. The van der Waals surface area contributed by atoms with Gasteiger partial charge in [-0.1, -0.05) is 27.3 Å². The molecular weight excluding hydrogens is 281 g/mol. The summed E-state index contributed by atoms with van der Waals surface area (Å²) in [7, 11) is 0. The van der Waals surface area contributed by atoms with Gasteiger partial charge in [0, 0.05) is 4.47 Å². The van der Waals surface area contributed by atoms with Crippen molar-refractivity contribution in [1.82, 2.24) is 10.2 Å². The van der Waals surface area contributed by atoms with Crippen LogP contribution in [0.1, 0.15) is 5.56 Å².